The number of carbonyl (C=O) groups is 3. The van der Waals surface area contributed by atoms with Crippen LogP contribution in [0.15, 0.2) is 97.3 Å². The molecule has 0 radical (unpaired) electrons. The van der Waals surface area contributed by atoms with Crippen LogP contribution in [0.5, 0.6) is 0 Å². The SMILES string of the molecule is COC(=O)N[C@@H](C(=O)N1CCC[C@H]1c1nc(C#Cc2ccc(-c3c[nH]c([C@@H]4CCCN4C(=O)Cc4ccccc4)n3)cc2)c[nH]1)c1ccccc1. The number of amides is 3. The van der Waals surface area contributed by atoms with Crippen LogP contribution >= 0.6 is 0 Å². The van der Waals surface area contributed by atoms with Crippen LogP contribution in [0.3, 0.4) is 0 Å². The highest BCUT2D eigenvalue weighted by Crippen LogP contribution is 2.34. The molecule has 7 rings (SSSR count). The summed E-state index contributed by atoms with van der Waals surface area (Å²) in [5, 5.41) is 2.69. The highest BCUT2D eigenvalue weighted by Gasteiger charge is 2.37. The number of aromatic amines is 2. The van der Waals surface area contributed by atoms with Crippen molar-refractivity contribution >= 4 is 17.9 Å². The molecule has 5 aromatic rings. The maximum atomic E-state index is 13.8. The first kappa shape index (κ1) is 33.4. The second-order valence-electron chi connectivity index (χ2n) is 12.7. The summed E-state index contributed by atoms with van der Waals surface area (Å²) in [4.78, 5) is 58.9. The van der Waals surface area contributed by atoms with Crippen molar-refractivity contribution in [3.8, 4) is 23.1 Å². The number of hydrogen-bond acceptors (Lipinski definition) is 6. The van der Waals surface area contributed by atoms with Gasteiger partial charge in [0.05, 0.1) is 31.3 Å². The number of likely N-dealkylation sites (tertiary alicyclic amines) is 2. The Morgan fingerprint density at radius 3 is 2.20 bits per heavy atom. The van der Waals surface area contributed by atoms with Crippen molar-refractivity contribution < 1.29 is 19.1 Å². The topological polar surface area (TPSA) is 136 Å². The molecule has 2 aromatic heterocycles. The summed E-state index contributed by atoms with van der Waals surface area (Å²) >= 11 is 0. The van der Waals surface area contributed by atoms with Crippen molar-refractivity contribution in [3.05, 3.63) is 131 Å². The number of rotatable bonds is 8. The van der Waals surface area contributed by atoms with Crippen molar-refractivity contribution in [2.75, 3.05) is 20.2 Å². The maximum absolute atomic E-state index is 13.8. The van der Waals surface area contributed by atoms with Crippen molar-refractivity contribution in [1.82, 2.24) is 35.1 Å². The van der Waals surface area contributed by atoms with E-state index in [1.165, 1.54) is 7.11 Å². The highest BCUT2D eigenvalue weighted by atomic mass is 16.5. The van der Waals surface area contributed by atoms with Crippen LogP contribution in [-0.2, 0) is 20.7 Å². The van der Waals surface area contributed by atoms with Gasteiger partial charge in [0.25, 0.3) is 5.91 Å². The van der Waals surface area contributed by atoms with E-state index < -0.39 is 12.1 Å². The smallest absolute Gasteiger partial charge is 0.407 e. The molecule has 3 atom stereocenters. The molecular weight excluding hydrogens is 642 g/mol. The number of nitrogens with zero attached hydrogens (tertiary/aromatic N) is 4. The Bertz CT molecular complexity index is 2050. The number of carbonyl (C=O) groups excluding carboxylic acids is 3. The Balaban J connectivity index is 0.998. The molecule has 0 bridgehead atoms. The molecule has 3 aromatic carbocycles. The van der Waals surface area contributed by atoms with Gasteiger partial charge in [-0.25, -0.2) is 14.8 Å². The number of ether oxygens (including phenoxy) is 1. The lowest BCUT2D eigenvalue weighted by atomic mass is 10.1. The van der Waals surface area contributed by atoms with E-state index in [4.69, 9.17) is 14.7 Å². The summed E-state index contributed by atoms with van der Waals surface area (Å²) in [6.07, 6.45) is 6.74. The van der Waals surface area contributed by atoms with Crippen LogP contribution in [-0.4, -0.2) is 67.8 Å². The Morgan fingerprint density at radius 1 is 0.824 bits per heavy atom. The lowest BCUT2D eigenvalue weighted by Gasteiger charge is -2.28. The van der Waals surface area contributed by atoms with E-state index in [9.17, 15) is 14.4 Å². The van der Waals surface area contributed by atoms with E-state index in [1.54, 1.807) is 11.1 Å². The van der Waals surface area contributed by atoms with Gasteiger partial charge in [-0.05, 0) is 54.9 Å². The molecule has 11 heteroatoms. The number of hydrogen-bond donors (Lipinski definition) is 3. The van der Waals surface area contributed by atoms with Gasteiger partial charge in [-0.1, -0.05) is 78.7 Å². The van der Waals surface area contributed by atoms with Gasteiger partial charge in [0, 0.05) is 36.6 Å². The maximum Gasteiger partial charge on any atom is 0.407 e. The second-order valence-corrected chi connectivity index (χ2v) is 12.7. The van der Waals surface area contributed by atoms with Gasteiger partial charge in [0.2, 0.25) is 5.91 Å². The Labute approximate surface area is 296 Å². The number of benzene rings is 3. The minimum absolute atomic E-state index is 0.0601. The third-order valence-corrected chi connectivity index (χ3v) is 9.48. The number of alkyl carbamates (subject to hydrolysis) is 1. The summed E-state index contributed by atoms with van der Waals surface area (Å²) < 4.78 is 4.80. The Hall–Kier alpha value is -6.15. The predicted molar refractivity (Wildman–Crippen MR) is 191 cm³/mol. The van der Waals surface area contributed by atoms with Crippen molar-refractivity contribution in [1.29, 1.82) is 0 Å². The summed E-state index contributed by atoms with van der Waals surface area (Å²) in [5.41, 5.74) is 4.85. The Kier molecular flexibility index (Phi) is 9.92. The summed E-state index contributed by atoms with van der Waals surface area (Å²) in [5.74, 6) is 7.68. The monoisotopic (exact) mass is 681 g/mol. The molecule has 2 aliphatic heterocycles. The first-order valence-corrected chi connectivity index (χ1v) is 17.2. The quantitative estimate of drug-likeness (QED) is 0.176. The number of imidazole rings is 2. The first-order chi connectivity index (χ1) is 25.0. The second kappa shape index (κ2) is 15.2. The molecule has 258 valence electrons. The van der Waals surface area contributed by atoms with Crippen LogP contribution in [0.2, 0.25) is 0 Å². The van der Waals surface area contributed by atoms with Crippen LogP contribution in [0.25, 0.3) is 11.3 Å². The highest BCUT2D eigenvalue weighted by molar-refractivity contribution is 5.87. The van der Waals surface area contributed by atoms with Gasteiger partial charge in [0.1, 0.15) is 23.4 Å². The average Bonchev–Trinajstić information content (AvgIpc) is 4.00. The van der Waals surface area contributed by atoms with Crippen LogP contribution in [0.1, 0.15) is 77.8 Å². The zero-order valence-electron chi connectivity index (χ0n) is 28.3. The fourth-order valence-corrected chi connectivity index (χ4v) is 6.90. The third kappa shape index (κ3) is 7.55. The molecule has 4 heterocycles. The minimum Gasteiger partial charge on any atom is -0.453 e. The molecule has 0 spiro atoms. The fraction of sp³-hybridized carbons (Fsp3) is 0.275. The number of methoxy groups -OCH3 is 1. The van der Waals surface area contributed by atoms with Crippen LogP contribution in [0.4, 0.5) is 4.79 Å². The van der Waals surface area contributed by atoms with Crippen molar-refractivity contribution in [3.63, 3.8) is 0 Å². The number of aromatic nitrogens is 4. The zero-order valence-corrected chi connectivity index (χ0v) is 28.3. The summed E-state index contributed by atoms with van der Waals surface area (Å²) in [6, 6.07) is 25.6. The molecular formula is C40H39N7O4. The van der Waals surface area contributed by atoms with Gasteiger partial charge in [-0.3, -0.25) is 9.59 Å². The van der Waals surface area contributed by atoms with Gasteiger partial charge in [-0.2, -0.15) is 0 Å². The molecule has 3 N–H and O–H groups in total. The molecule has 11 nitrogen and oxygen atoms in total. The normalized spacial score (nSPS) is 17.4. The first-order valence-electron chi connectivity index (χ1n) is 17.2. The molecule has 51 heavy (non-hydrogen) atoms. The standard InChI is InChI=1S/C40H39N7O4/c1-51-40(50)45-36(30-12-6-3-7-13-30)39(49)47-23-9-15-34(47)37-41-25-31(43-37)21-18-27-16-19-29(20-17-27)32-26-42-38(44-32)33-14-8-22-46(33)35(48)24-28-10-4-2-5-11-28/h2-7,10-13,16-17,19-20,25-26,33-34,36H,8-9,14-15,22-24H2,1H3,(H,41,43)(H,42,44)(H,45,50)/t33-,34-,36+/m0/s1. The largest absolute Gasteiger partial charge is 0.453 e. The van der Waals surface area contributed by atoms with E-state index in [0.29, 0.717) is 30.0 Å². The van der Waals surface area contributed by atoms with Crippen LogP contribution < -0.4 is 5.32 Å². The lowest BCUT2D eigenvalue weighted by Crippen LogP contribution is -2.42. The minimum atomic E-state index is -0.879. The molecule has 2 fully saturated rings. The molecule has 3 amide bonds. The van der Waals surface area contributed by atoms with Gasteiger partial charge < -0.3 is 29.8 Å². The molecule has 0 unspecified atom stereocenters. The van der Waals surface area contributed by atoms with Gasteiger partial charge in [0.15, 0.2) is 0 Å². The van der Waals surface area contributed by atoms with E-state index in [2.05, 4.69) is 27.1 Å². The van der Waals surface area contributed by atoms with E-state index in [-0.39, 0.29) is 23.9 Å². The number of H-pyrrole nitrogens is 2. The van der Waals surface area contributed by atoms with Crippen LogP contribution in [0, 0.1) is 11.8 Å². The predicted octanol–water partition coefficient (Wildman–Crippen LogP) is 5.87. The van der Waals surface area contributed by atoms with E-state index >= 15 is 0 Å². The van der Waals surface area contributed by atoms with Crippen molar-refractivity contribution in [2.24, 2.45) is 0 Å². The molecule has 0 saturated carbocycles. The van der Waals surface area contributed by atoms with E-state index in [1.807, 2.05) is 96.0 Å². The zero-order chi connectivity index (χ0) is 35.2. The number of nitrogens with one attached hydrogen (secondary N) is 3. The van der Waals surface area contributed by atoms with E-state index in [0.717, 1.165) is 60.4 Å². The summed E-state index contributed by atoms with van der Waals surface area (Å²) in [7, 11) is 1.28. The summed E-state index contributed by atoms with van der Waals surface area (Å²) in [6.45, 7) is 1.28. The average molecular weight is 682 g/mol. The third-order valence-electron chi connectivity index (χ3n) is 9.48. The molecule has 2 saturated heterocycles. The lowest BCUT2D eigenvalue weighted by molar-refractivity contribution is -0.134. The van der Waals surface area contributed by atoms with Crippen molar-refractivity contribution in [2.45, 2.75) is 50.2 Å². The molecule has 0 aliphatic carbocycles. The van der Waals surface area contributed by atoms with Gasteiger partial charge >= 0.3 is 6.09 Å². The Morgan fingerprint density at radius 2 is 1.47 bits per heavy atom. The van der Waals surface area contributed by atoms with Gasteiger partial charge in [-0.15, -0.1) is 0 Å². The molecule has 2 aliphatic rings. The fourth-order valence-electron chi connectivity index (χ4n) is 6.90.